The van der Waals surface area contributed by atoms with E-state index in [4.69, 9.17) is 4.42 Å². The van der Waals surface area contributed by atoms with Crippen LogP contribution in [-0.2, 0) is 22.6 Å². The molecule has 0 saturated carbocycles. The predicted molar refractivity (Wildman–Crippen MR) is 127 cm³/mol. The van der Waals surface area contributed by atoms with Gasteiger partial charge in [-0.3, -0.25) is 0 Å². The van der Waals surface area contributed by atoms with Crippen LogP contribution in [0.3, 0.4) is 0 Å². The first-order valence-corrected chi connectivity index (χ1v) is 12.3. The molecule has 0 amide bonds. The Kier molecular flexibility index (Phi) is 6.82. The van der Waals surface area contributed by atoms with Crippen molar-refractivity contribution in [1.29, 1.82) is 0 Å². The van der Waals surface area contributed by atoms with Crippen molar-refractivity contribution in [2.24, 2.45) is 0 Å². The molecule has 0 aliphatic heterocycles. The van der Waals surface area contributed by atoms with Crippen LogP contribution < -0.4 is 10.3 Å². The summed E-state index contributed by atoms with van der Waals surface area (Å²) < 4.78 is 73.0. The zero-order valence-electron chi connectivity index (χ0n) is 18.7. The van der Waals surface area contributed by atoms with Gasteiger partial charge in [-0.25, -0.2) is 17.9 Å². The molecule has 182 valence electrons. The van der Waals surface area contributed by atoms with Gasteiger partial charge in [0.2, 0.25) is 10.0 Å². The number of fused-ring (bicyclic) bond motifs is 1. The molecule has 1 atom stereocenters. The third-order valence-corrected chi connectivity index (χ3v) is 7.14. The van der Waals surface area contributed by atoms with Gasteiger partial charge in [0.25, 0.3) is 0 Å². The van der Waals surface area contributed by atoms with Crippen LogP contribution in [0, 0.1) is 0 Å². The molecule has 0 aliphatic rings. The Bertz CT molecular complexity index is 1500. The van der Waals surface area contributed by atoms with Gasteiger partial charge in [0.1, 0.15) is 5.58 Å². The molecule has 0 bridgehead atoms. The molecular formula is C26H22F3NO4S. The predicted octanol–water partition coefficient (Wildman–Crippen LogP) is 5.48. The molecule has 9 heteroatoms. The maximum atomic E-state index is 13.4. The van der Waals surface area contributed by atoms with Crippen LogP contribution in [0.5, 0.6) is 0 Å². The summed E-state index contributed by atoms with van der Waals surface area (Å²) in [6, 6.07) is 20.4. The first kappa shape index (κ1) is 24.7. The summed E-state index contributed by atoms with van der Waals surface area (Å²) in [5, 5.41) is -0.203. The average molecular weight is 502 g/mol. The summed E-state index contributed by atoms with van der Waals surface area (Å²) in [4.78, 5) is 11.6. The Morgan fingerprint density at radius 1 is 0.914 bits per heavy atom. The van der Waals surface area contributed by atoms with Gasteiger partial charge in [0.05, 0.1) is 10.5 Å². The van der Waals surface area contributed by atoms with E-state index in [0.29, 0.717) is 17.2 Å². The normalized spacial score (nSPS) is 13.1. The molecule has 1 N–H and O–H groups in total. The van der Waals surface area contributed by atoms with Crippen LogP contribution in [0.2, 0.25) is 0 Å². The average Bonchev–Trinajstić information content (AvgIpc) is 2.82. The highest BCUT2D eigenvalue weighted by atomic mass is 32.2. The van der Waals surface area contributed by atoms with Crippen molar-refractivity contribution in [3.05, 3.63) is 112 Å². The molecule has 0 spiro atoms. The molecule has 0 radical (unpaired) electrons. The lowest BCUT2D eigenvalue weighted by Crippen LogP contribution is -2.27. The fourth-order valence-corrected chi connectivity index (χ4v) is 4.92. The monoisotopic (exact) mass is 501 g/mol. The molecule has 35 heavy (non-hydrogen) atoms. The Hall–Kier alpha value is -3.43. The minimum Gasteiger partial charge on any atom is -0.423 e. The van der Waals surface area contributed by atoms with E-state index in [1.54, 1.807) is 18.2 Å². The van der Waals surface area contributed by atoms with E-state index < -0.39 is 27.4 Å². The van der Waals surface area contributed by atoms with Crippen LogP contribution in [0.25, 0.3) is 11.0 Å². The van der Waals surface area contributed by atoms with Crippen molar-refractivity contribution in [3.8, 4) is 0 Å². The van der Waals surface area contributed by atoms with Crippen LogP contribution in [0.15, 0.2) is 93.0 Å². The van der Waals surface area contributed by atoms with Gasteiger partial charge in [0, 0.05) is 18.0 Å². The number of hydrogen-bond donors (Lipinski definition) is 1. The molecule has 4 rings (SSSR count). The van der Waals surface area contributed by atoms with E-state index in [1.807, 2.05) is 37.3 Å². The number of nitrogens with one attached hydrogen (secondary N) is 1. The van der Waals surface area contributed by atoms with E-state index in [1.165, 1.54) is 24.3 Å². The van der Waals surface area contributed by atoms with E-state index in [2.05, 4.69) is 4.72 Å². The van der Waals surface area contributed by atoms with Gasteiger partial charge in [0.15, 0.2) is 0 Å². The molecule has 0 fully saturated rings. The number of halogens is 3. The Labute approximate surface area is 200 Å². The minimum atomic E-state index is -4.70. The number of hydrogen-bond acceptors (Lipinski definition) is 4. The van der Waals surface area contributed by atoms with Crippen molar-refractivity contribution < 1.29 is 26.0 Å². The maximum absolute atomic E-state index is 13.4. The van der Waals surface area contributed by atoms with Gasteiger partial charge in [-0.2, -0.15) is 13.2 Å². The topological polar surface area (TPSA) is 76.4 Å². The second-order valence-electron chi connectivity index (χ2n) is 8.29. The van der Waals surface area contributed by atoms with Crippen LogP contribution >= 0.6 is 0 Å². The highest BCUT2D eigenvalue weighted by molar-refractivity contribution is 7.89. The number of sulfonamides is 1. The molecule has 5 nitrogen and oxygen atoms in total. The SMILES string of the molecule is CC(CNS(=O)(=O)c1ccc(Cc2ccc3oc(=O)cc(C(F)(F)F)c3c2)cc1)c1ccccc1. The van der Waals surface area contributed by atoms with Crippen LogP contribution in [0.4, 0.5) is 13.2 Å². The summed E-state index contributed by atoms with van der Waals surface area (Å²) >= 11 is 0. The smallest absolute Gasteiger partial charge is 0.417 e. The molecule has 3 aromatic carbocycles. The van der Waals surface area contributed by atoms with Gasteiger partial charge in [-0.05, 0) is 53.3 Å². The molecular weight excluding hydrogens is 479 g/mol. The van der Waals surface area contributed by atoms with Gasteiger partial charge >= 0.3 is 11.8 Å². The molecule has 0 saturated heterocycles. The first-order chi connectivity index (χ1) is 16.5. The van der Waals surface area contributed by atoms with Crippen LogP contribution in [0.1, 0.15) is 35.1 Å². The quantitative estimate of drug-likeness (QED) is 0.340. The Morgan fingerprint density at radius 2 is 1.57 bits per heavy atom. The second kappa shape index (κ2) is 9.67. The number of rotatable bonds is 7. The lowest BCUT2D eigenvalue weighted by molar-refractivity contribution is -0.136. The Morgan fingerprint density at radius 3 is 2.23 bits per heavy atom. The lowest BCUT2D eigenvalue weighted by Gasteiger charge is -2.14. The summed E-state index contributed by atoms with van der Waals surface area (Å²) in [7, 11) is -3.72. The van der Waals surface area contributed by atoms with E-state index in [0.717, 1.165) is 5.56 Å². The Balaban J connectivity index is 1.50. The lowest BCUT2D eigenvalue weighted by atomic mass is 10.0. The maximum Gasteiger partial charge on any atom is 0.417 e. The van der Waals surface area contributed by atoms with Gasteiger partial charge in [-0.15, -0.1) is 0 Å². The number of benzene rings is 3. The molecule has 1 aromatic heterocycles. The largest absolute Gasteiger partial charge is 0.423 e. The molecule has 0 aliphatic carbocycles. The van der Waals surface area contributed by atoms with Gasteiger partial charge < -0.3 is 4.42 Å². The fraction of sp³-hybridized carbons (Fsp3) is 0.192. The second-order valence-corrected chi connectivity index (χ2v) is 10.1. The fourth-order valence-electron chi connectivity index (χ4n) is 3.79. The highest BCUT2D eigenvalue weighted by Crippen LogP contribution is 2.34. The summed E-state index contributed by atoms with van der Waals surface area (Å²) in [5.41, 5.74) is 0.0258. The van der Waals surface area contributed by atoms with Crippen molar-refractivity contribution in [2.45, 2.75) is 30.3 Å². The minimum absolute atomic E-state index is 0.0100. The standard InChI is InChI=1S/C26H22F3NO4S/c1-17(20-5-3-2-4-6-20)16-30-35(32,33)21-10-7-18(8-11-21)13-19-9-12-24-22(14-19)23(26(27,28)29)15-25(31)34-24/h2-12,14-15,17,30H,13,16H2,1H3. The van der Waals surface area contributed by atoms with Crippen molar-refractivity contribution in [3.63, 3.8) is 0 Å². The number of alkyl halides is 3. The van der Waals surface area contributed by atoms with E-state index >= 15 is 0 Å². The van der Waals surface area contributed by atoms with E-state index in [9.17, 15) is 26.4 Å². The van der Waals surface area contributed by atoms with Crippen molar-refractivity contribution in [2.75, 3.05) is 6.54 Å². The highest BCUT2D eigenvalue weighted by Gasteiger charge is 2.33. The molecule has 1 unspecified atom stereocenters. The van der Waals surface area contributed by atoms with Crippen LogP contribution in [-0.4, -0.2) is 15.0 Å². The zero-order chi connectivity index (χ0) is 25.2. The van der Waals surface area contributed by atoms with Crippen molar-refractivity contribution in [1.82, 2.24) is 4.72 Å². The summed E-state index contributed by atoms with van der Waals surface area (Å²) in [6.07, 6.45) is -4.43. The zero-order valence-corrected chi connectivity index (χ0v) is 19.5. The van der Waals surface area contributed by atoms with E-state index in [-0.39, 0.29) is 34.7 Å². The third kappa shape index (κ3) is 5.80. The summed E-state index contributed by atoms with van der Waals surface area (Å²) in [5.74, 6) is -0.0100. The van der Waals surface area contributed by atoms with Gasteiger partial charge in [-0.1, -0.05) is 55.5 Å². The summed E-state index contributed by atoms with van der Waals surface area (Å²) in [6.45, 7) is 2.17. The third-order valence-electron chi connectivity index (χ3n) is 5.70. The first-order valence-electron chi connectivity index (χ1n) is 10.8. The molecule has 4 aromatic rings. The molecule has 1 heterocycles. The van der Waals surface area contributed by atoms with Crippen molar-refractivity contribution >= 4 is 21.0 Å².